The Hall–Kier alpha value is -2.47. The average molecular weight is 355 g/mol. The molecular formula is C20H25N3O3. The van der Waals surface area contributed by atoms with E-state index in [-0.39, 0.29) is 25.0 Å². The monoisotopic (exact) mass is 355 g/mol. The molecule has 1 atom stereocenters. The van der Waals surface area contributed by atoms with E-state index in [0.29, 0.717) is 0 Å². The van der Waals surface area contributed by atoms with Gasteiger partial charge in [-0.25, -0.2) is 9.78 Å². The number of benzene rings is 1. The van der Waals surface area contributed by atoms with Gasteiger partial charge in [0.15, 0.2) is 0 Å². The van der Waals surface area contributed by atoms with Gasteiger partial charge in [0.1, 0.15) is 6.54 Å². The van der Waals surface area contributed by atoms with Gasteiger partial charge in [0.25, 0.3) is 0 Å². The minimum absolute atomic E-state index is 0.0509. The van der Waals surface area contributed by atoms with Crippen molar-refractivity contribution in [2.75, 3.05) is 6.54 Å². The number of rotatable bonds is 6. The van der Waals surface area contributed by atoms with E-state index in [1.165, 1.54) is 17.2 Å². The zero-order valence-electron chi connectivity index (χ0n) is 14.8. The summed E-state index contributed by atoms with van der Waals surface area (Å²) >= 11 is 0. The average Bonchev–Trinajstić information content (AvgIpc) is 2.69. The number of aliphatic hydroxyl groups is 1. The third-order valence-corrected chi connectivity index (χ3v) is 4.98. The Labute approximate surface area is 153 Å². The lowest BCUT2D eigenvalue weighted by atomic mass is 9.93. The SMILES string of the molecule is O=C(Cn1cccnc1=O)N(C[C@H](O)c1ccccc1)C1CCCCC1. The first-order valence-electron chi connectivity index (χ1n) is 9.19. The van der Waals surface area contributed by atoms with Gasteiger partial charge in [-0.15, -0.1) is 0 Å². The fourth-order valence-electron chi connectivity index (χ4n) is 3.56. The molecule has 1 aliphatic carbocycles. The van der Waals surface area contributed by atoms with E-state index in [4.69, 9.17) is 0 Å². The molecule has 1 aliphatic rings. The molecule has 0 bridgehead atoms. The van der Waals surface area contributed by atoms with Crippen molar-refractivity contribution in [1.82, 2.24) is 14.5 Å². The molecule has 0 spiro atoms. The van der Waals surface area contributed by atoms with E-state index in [1.807, 2.05) is 30.3 Å². The topological polar surface area (TPSA) is 75.4 Å². The van der Waals surface area contributed by atoms with Crippen LogP contribution in [0.1, 0.15) is 43.8 Å². The highest BCUT2D eigenvalue weighted by atomic mass is 16.3. The van der Waals surface area contributed by atoms with Crippen molar-refractivity contribution in [1.29, 1.82) is 0 Å². The highest BCUT2D eigenvalue weighted by molar-refractivity contribution is 5.76. The minimum atomic E-state index is -0.743. The molecule has 6 nitrogen and oxygen atoms in total. The molecule has 1 amide bonds. The number of hydrogen-bond donors (Lipinski definition) is 1. The molecule has 1 aromatic carbocycles. The van der Waals surface area contributed by atoms with Crippen LogP contribution in [-0.4, -0.2) is 38.1 Å². The Bertz CT molecular complexity index is 769. The largest absolute Gasteiger partial charge is 0.387 e. The highest BCUT2D eigenvalue weighted by Crippen LogP contribution is 2.25. The Kier molecular flexibility index (Phi) is 6.17. The Balaban J connectivity index is 1.77. The lowest BCUT2D eigenvalue weighted by Gasteiger charge is -2.36. The first-order chi connectivity index (χ1) is 12.6. The highest BCUT2D eigenvalue weighted by Gasteiger charge is 2.28. The molecule has 0 aliphatic heterocycles. The van der Waals surface area contributed by atoms with Gasteiger partial charge in [0.05, 0.1) is 12.6 Å². The number of aromatic nitrogens is 2. The van der Waals surface area contributed by atoms with Gasteiger partial charge in [-0.3, -0.25) is 9.36 Å². The van der Waals surface area contributed by atoms with Gasteiger partial charge in [0, 0.05) is 18.4 Å². The number of carbonyl (C=O) groups is 1. The zero-order valence-corrected chi connectivity index (χ0v) is 14.8. The van der Waals surface area contributed by atoms with Crippen molar-refractivity contribution < 1.29 is 9.90 Å². The summed E-state index contributed by atoms with van der Waals surface area (Å²) in [6, 6.07) is 11.1. The molecule has 26 heavy (non-hydrogen) atoms. The number of nitrogens with zero attached hydrogens (tertiary/aromatic N) is 3. The minimum Gasteiger partial charge on any atom is -0.387 e. The predicted octanol–water partition coefficient (Wildman–Crippen LogP) is 2.14. The summed E-state index contributed by atoms with van der Waals surface area (Å²) in [6.45, 7) is 0.188. The van der Waals surface area contributed by atoms with Gasteiger partial charge in [0.2, 0.25) is 5.91 Å². The molecule has 0 radical (unpaired) electrons. The van der Waals surface area contributed by atoms with E-state index in [1.54, 1.807) is 17.2 Å². The van der Waals surface area contributed by atoms with Crippen molar-refractivity contribution in [2.24, 2.45) is 0 Å². The molecule has 138 valence electrons. The zero-order chi connectivity index (χ0) is 18.4. The van der Waals surface area contributed by atoms with Crippen molar-refractivity contribution in [3.63, 3.8) is 0 Å². The maximum absolute atomic E-state index is 13.0. The smallest absolute Gasteiger partial charge is 0.347 e. The van der Waals surface area contributed by atoms with E-state index >= 15 is 0 Å². The maximum atomic E-state index is 13.0. The van der Waals surface area contributed by atoms with Crippen LogP contribution in [0.25, 0.3) is 0 Å². The van der Waals surface area contributed by atoms with Crippen LogP contribution >= 0.6 is 0 Å². The first kappa shape index (κ1) is 18.3. The fourth-order valence-corrected chi connectivity index (χ4v) is 3.56. The van der Waals surface area contributed by atoms with Crippen LogP contribution in [0.3, 0.4) is 0 Å². The second-order valence-corrected chi connectivity index (χ2v) is 6.79. The third-order valence-electron chi connectivity index (χ3n) is 4.98. The lowest BCUT2D eigenvalue weighted by Crippen LogP contribution is -2.46. The van der Waals surface area contributed by atoms with E-state index < -0.39 is 11.8 Å². The molecule has 1 N–H and O–H groups in total. The first-order valence-corrected chi connectivity index (χ1v) is 9.19. The van der Waals surface area contributed by atoms with Crippen LogP contribution in [0.4, 0.5) is 0 Å². The lowest BCUT2D eigenvalue weighted by molar-refractivity contribution is -0.136. The van der Waals surface area contributed by atoms with Gasteiger partial charge in [-0.1, -0.05) is 49.6 Å². The van der Waals surface area contributed by atoms with E-state index in [2.05, 4.69) is 4.98 Å². The third kappa shape index (κ3) is 4.58. The summed E-state index contributed by atoms with van der Waals surface area (Å²) in [5.41, 5.74) is 0.354. The number of hydrogen-bond acceptors (Lipinski definition) is 4. The van der Waals surface area contributed by atoms with Crippen LogP contribution in [0.15, 0.2) is 53.6 Å². The molecule has 1 saturated carbocycles. The van der Waals surface area contributed by atoms with Crippen LogP contribution in [0.2, 0.25) is 0 Å². The molecular weight excluding hydrogens is 330 g/mol. The van der Waals surface area contributed by atoms with E-state index in [9.17, 15) is 14.7 Å². The van der Waals surface area contributed by atoms with Crippen molar-refractivity contribution >= 4 is 5.91 Å². The van der Waals surface area contributed by atoms with Gasteiger partial charge in [-0.05, 0) is 24.5 Å². The summed E-state index contributed by atoms with van der Waals surface area (Å²) in [4.78, 5) is 30.2. The molecule has 3 rings (SSSR count). The van der Waals surface area contributed by atoms with Crippen molar-refractivity contribution in [2.45, 2.75) is 50.8 Å². The second-order valence-electron chi connectivity index (χ2n) is 6.79. The Morgan fingerprint density at radius 3 is 2.62 bits per heavy atom. The molecule has 1 fully saturated rings. The summed E-state index contributed by atoms with van der Waals surface area (Å²) in [7, 11) is 0. The second kappa shape index (κ2) is 8.76. The number of aliphatic hydroxyl groups excluding tert-OH is 1. The maximum Gasteiger partial charge on any atom is 0.347 e. The van der Waals surface area contributed by atoms with Crippen LogP contribution in [0, 0.1) is 0 Å². The van der Waals surface area contributed by atoms with Gasteiger partial charge < -0.3 is 10.0 Å². The van der Waals surface area contributed by atoms with Crippen molar-refractivity contribution in [3.05, 3.63) is 64.8 Å². The molecule has 1 aromatic heterocycles. The summed E-state index contributed by atoms with van der Waals surface area (Å²) in [6.07, 6.45) is 7.48. The quantitative estimate of drug-likeness (QED) is 0.861. The normalized spacial score (nSPS) is 16.2. The summed E-state index contributed by atoms with van der Waals surface area (Å²) < 4.78 is 1.31. The van der Waals surface area contributed by atoms with Crippen LogP contribution in [0.5, 0.6) is 0 Å². The Morgan fingerprint density at radius 1 is 1.19 bits per heavy atom. The molecule has 0 saturated heterocycles. The predicted molar refractivity (Wildman–Crippen MR) is 98.5 cm³/mol. The van der Waals surface area contributed by atoms with Crippen molar-refractivity contribution in [3.8, 4) is 0 Å². The molecule has 0 unspecified atom stereocenters. The van der Waals surface area contributed by atoms with Crippen LogP contribution < -0.4 is 5.69 Å². The standard InChI is InChI=1S/C20H25N3O3/c24-18(16-8-3-1-4-9-16)14-23(17-10-5-2-6-11-17)19(25)15-22-13-7-12-21-20(22)26/h1,3-4,7-9,12-13,17-18,24H,2,5-6,10-11,14-15H2/t18-/m0/s1. The van der Waals surface area contributed by atoms with E-state index in [0.717, 1.165) is 31.2 Å². The number of amides is 1. The fraction of sp³-hybridized carbons (Fsp3) is 0.450. The summed E-state index contributed by atoms with van der Waals surface area (Å²) in [5, 5.41) is 10.6. The number of carbonyl (C=O) groups excluding carboxylic acids is 1. The molecule has 6 heteroatoms. The van der Waals surface area contributed by atoms with Crippen LogP contribution in [-0.2, 0) is 11.3 Å². The van der Waals surface area contributed by atoms with Gasteiger partial charge in [-0.2, -0.15) is 0 Å². The molecule has 1 heterocycles. The van der Waals surface area contributed by atoms with Gasteiger partial charge >= 0.3 is 5.69 Å². The Morgan fingerprint density at radius 2 is 1.92 bits per heavy atom. The summed E-state index contributed by atoms with van der Waals surface area (Å²) in [5.74, 6) is -0.151. The molecule has 2 aromatic rings.